The highest BCUT2D eigenvalue weighted by atomic mass is 32.2. The van der Waals surface area contributed by atoms with Crippen molar-refractivity contribution in [3.63, 3.8) is 0 Å². The Morgan fingerprint density at radius 1 is 1.62 bits per heavy atom. The van der Waals surface area contributed by atoms with Gasteiger partial charge < -0.3 is 5.73 Å². The van der Waals surface area contributed by atoms with Crippen LogP contribution in [0.25, 0.3) is 0 Å². The number of hydrogen-bond donors (Lipinski definition) is 1. The predicted molar refractivity (Wildman–Crippen MR) is 54.3 cm³/mol. The van der Waals surface area contributed by atoms with E-state index in [4.69, 9.17) is 5.73 Å². The number of thiazole rings is 1. The first-order valence-corrected chi connectivity index (χ1v) is 6.42. The number of hydrogen-bond acceptors (Lipinski definition) is 5. The molecule has 74 valence electrons. The zero-order chi connectivity index (χ0) is 10.1. The van der Waals surface area contributed by atoms with E-state index in [0.29, 0.717) is 10.7 Å². The number of anilines is 1. The first kappa shape index (κ1) is 10.5. The SMILES string of the molecule is CC(C)S(=O)(=O)Cc1ncsc1N. The summed E-state index contributed by atoms with van der Waals surface area (Å²) < 4.78 is 22.9. The van der Waals surface area contributed by atoms with Gasteiger partial charge in [-0.2, -0.15) is 0 Å². The molecule has 1 rings (SSSR count). The van der Waals surface area contributed by atoms with Gasteiger partial charge in [-0.25, -0.2) is 13.4 Å². The fourth-order valence-electron chi connectivity index (χ4n) is 0.744. The van der Waals surface area contributed by atoms with Crippen LogP contribution in [0.5, 0.6) is 0 Å². The summed E-state index contributed by atoms with van der Waals surface area (Å²) in [4.78, 5) is 3.90. The molecule has 6 heteroatoms. The molecule has 0 bridgehead atoms. The Labute approximate surface area is 81.7 Å². The Morgan fingerprint density at radius 3 is 2.62 bits per heavy atom. The van der Waals surface area contributed by atoms with Crippen LogP contribution in [0, 0.1) is 0 Å². The van der Waals surface area contributed by atoms with Gasteiger partial charge in [0, 0.05) is 0 Å². The second-order valence-electron chi connectivity index (χ2n) is 3.02. The van der Waals surface area contributed by atoms with E-state index in [0.717, 1.165) is 0 Å². The summed E-state index contributed by atoms with van der Waals surface area (Å²) in [6.45, 7) is 3.30. The van der Waals surface area contributed by atoms with Crippen molar-refractivity contribution < 1.29 is 8.42 Å². The van der Waals surface area contributed by atoms with Gasteiger partial charge >= 0.3 is 0 Å². The maximum atomic E-state index is 11.5. The van der Waals surface area contributed by atoms with E-state index in [1.54, 1.807) is 19.4 Å². The van der Waals surface area contributed by atoms with Gasteiger partial charge in [-0.1, -0.05) is 0 Å². The monoisotopic (exact) mass is 220 g/mol. The standard InChI is InChI=1S/C7H12N2O2S2/c1-5(2)13(10,11)3-6-7(8)12-4-9-6/h4-5H,3,8H2,1-2H3. The fourth-order valence-corrected chi connectivity index (χ4v) is 2.33. The molecule has 1 aromatic rings. The molecule has 0 radical (unpaired) electrons. The van der Waals surface area contributed by atoms with Gasteiger partial charge in [0.25, 0.3) is 0 Å². The van der Waals surface area contributed by atoms with E-state index in [2.05, 4.69) is 4.98 Å². The molecule has 0 aliphatic rings. The van der Waals surface area contributed by atoms with Crippen LogP contribution in [-0.4, -0.2) is 18.7 Å². The number of nitrogens with two attached hydrogens (primary N) is 1. The lowest BCUT2D eigenvalue weighted by atomic mass is 10.5. The summed E-state index contributed by atoms with van der Waals surface area (Å²) in [5.41, 5.74) is 7.57. The van der Waals surface area contributed by atoms with E-state index in [-0.39, 0.29) is 11.0 Å². The van der Waals surface area contributed by atoms with E-state index in [1.165, 1.54) is 11.3 Å². The minimum absolute atomic E-state index is 0.0556. The number of nitrogen functional groups attached to an aromatic ring is 1. The van der Waals surface area contributed by atoms with Crippen LogP contribution in [0.15, 0.2) is 5.51 Å². The molecule has 1 heterocycles. The van der Waals surface area contributed by atoms with Gasteiger partial charge in [0.05, 0.1) is 22.2 Å². The quantitative estimate of drug-likeness (QED) is 0.826. The Morgan fingerprint density at radius 2 is 2.23 bits per heavy atom. The minimum atomic E-state index is -3.08. The van der Waals surface area contributed by atoms with Crippen molar-refractivity contribution in [3.05, 3.63) is 11.2 Å². The Hall–Kier alpha value is -0.620. The van der Waals surface area contributed by atoms with Crippen LogP contribution in [0.2, 0.25) is 0 Å². The Bertz CT molecular complexity index is 381. The predicted octanol–water partition coefficient (Wildman–Crippen LogP) is 1.05. The summed E-state index contributed by atoms with van der Waals surface area (Å²) >= 11 is 1.26. The molecule has 0 fully saturated rings. The molecule has 2 N–H and O–H groups in total. The molecular weight excluding hydrogens is 208 g/mol. The highest BCUT2D eigenvalue weighted by Gasteiger charge is 2.19. The molecule has 0 aliphatic carbocycles. The summed E-state index contributed by atoms with van der Waals surface area (Å²) in [5.74, 6) is -0.0556. The van der Waals surface area contributed by atoms with E-state index < -0.39 is 9.84 Å². The second kappa shape index (κ2) is 3.63. The Kier molecular flexibility index (Phi) is 2.92. The van der Waals surface area contributed by atoms with Crippen molar-refractivity contribution in [2.45, 2.75) is 24.9 Å². The molecule has 0 atom stereocenters. The average molecular weight is 220 g/mol. The zero-order valence-electron chi connectivity index (χ0n) is 7.52. The highest BCUT2D eigenvalue weighted by molar-refractivity contribution is 7.91. The Balaban J connectivity index is 2.88. The van der Waals surface area contributed by atoms with Crippen molar-refractivity contribution in [3.8, 4) is 0 Å². The molecule has 0 aliphatic heterocycles. The van der Waals surface area contributed by atoms with Crippen LogP contribution < -0.4 is 5.73 Å². The zero-order valence-corrected chi connectivity index (χ0v) is 9.15. The van der Waals surface area contributed by atoms with Crippen molar-refractivity contribution in [1.29, 1.82) is 0 Å². The van der Waals surface area contributed by atoms with Crippen LogP contribution in [0.4, 0.5) is 5.00 Å². The number of rotatable bonds is 3. The van der Waals surface area contributed by atoms with Gasteiger partial charge in [0.2, 0.25) is 0 Å². The molecule has 0 amide bonds. The topological polar surface area (TPSA) is 73.0 Å². The second-order valence-corrected chi connectivity index (χ2v) is 6.46. The van der Waals surface area contributed by atoms with Crippen LogP contribution in [0.1, 0.15) is 19.5 Å². The maximum absolute atomic E-state index is 11.5. The first-order chi connectivity index (χ1) is 5.93. The van der Waals surface area contributed by atoms with Gasteiger partial charge in [-0.3, -0.25) is 0 Å². The van der Waals surface area contributed by atoms with E-state index in [9.17, 15) is 8.42 Å². The molecule has 0 spiro atoms. The summed E-state index contributed by atoms with van der Waals surface area (Å²) in [5, 5.41) is 0.109. The molecule has 13 heavy (non-hydrogen) atoms. The number of sulfone groups is 1. The number of aromatic nitrogens is 1. The van der Waals surface area contributed by atoms with Crippen molar-refractivity contribution in [2.75, 3.05) is 5.73 Å². The van der Waals surface area contributed by atoms with Gasteiger partial charge in [0.1, 0.15) is 5.00 Å². The minimum Gasteiger partial charge on any atom is -0.389 e. The number of nitrogens with zero attached hydrogens (tertiary/aromatic N) is 1. The molecule has 0 unspecified atom stereocenters. The molecule has 1 aromatic heterocycles. The van der Waals surface area contributed by atoms with Gasteiger partial charge in [-0.05, 0) is 13.8 Å². The lowest BCUT2D eigenvalue weighted by molar-refractivity contribution is 0.586. The smallest absolute Gasteiger partial charge is 0.158 e. The molecule has 0 aromatic carbocycles. The molecule has 0 saturated heterocycles. The average Bonchev–Trinajstić information content (AvgIpc) is 2.35. The summed E-state index contributed by atoms with van der Waals surface area (Å²) in [7, 11) is -3.08. The van der Waals surface area contributed by atoms with Crippen molar-refractivity contribution >= 4 is 26.2 Å². The van der Waals surface area contributed by atoms with Crippen molar-refractivity contribution in [1.82, 2.24) is 4.98 Å². The third-order valence-electron chi connectivity index (χ3n) is 1.73. The normalized spacial score (nSPS) is 12.2. The van der Waals surface area contributed by atoms with Crippen LogP contribution >= 0.6 is 11.3 Å². The van der Waals surface area contributed by atoms with Crippen LogP contribution in [-0.2, 0) is 15.6 Å². The molecule has 0 saturated carbocycles. The fraction of sp³-hybridized carbons (Fsp3) is 0.571. The third-order valence-corrected chi connectivity index (χ3v) is 4.54. The van der Waals surface area contributed by atoms with Crippen molar-refractivity contribution in [2.24, 2.45) is 0 Å². The summed E-state index contributed by atoms with van der Waals surface area (Å²) in [6, 6.07) is 0. The van der Waals surface area contributed by atoms with Crippen LogP contribution in [0.3, 0.4) is 0 Å². The lowest BCUT2D eigenvalue weighted by Gasteiger charge is -2.05. The molecular formula is C7H12N2O2S2. The summed E-state index contributed by atoms with van der Waals surface area (Å²) in [6.07, 6.45) is 0. The first-order valence-electron chi connectivity index (χ1n) is 3.83. The highest BCUT2D eigenvalue weighted by Crippen LogP contribution is 2.19. The van der Waals surface area contributed by atoms with Gasteiger partial charge in [0.15, 0.2) is 9.84 Å². The van der Waals surface area contributed by atoms with Gasteiger partial charge in [-0.15, -0.1) is 11.3 Å². The van der Waals surface area contributed by atoms with E-state index in [1.807, 2.05) is 0 Å². The lowest BCUT2D eigenvalue weighted by Crippen LogP contribution is -2.16. The largest absolute Gasteiger partial charge is 0.389 e. The molecule has 4 nitrogen and oxygen atoms in total. The third kappa shape index (κ3) is 2.41. The maximum Gasteiger partial charge on any atom is 0.158 e. The van der Waals surface area contributed by atoms with E-state index >= 15 is 0 Å².